The summed E-state index contributed by atoms with van der Waals surface area (Å²) >= 11 is 0. The van der Waals surface area contributed by atoms with E-state index >= 15 is 0 Å². The van der Waals surface area contributed by atoms with E-state index in [0.29, 0.717) is 5.56 Å². The standard InChI is InChI=1S/C9H10O3S.3C8H8O3S.2C4H8.3C2H4/c1-2-8-3-5-9(6-4-8)7-13(10,11)12;3*1-2-7-3-5-8(6-4-7)12(9,10)11;2*1-4(2)3;3*1-2/h2-6H,1,7H2,(H,10,11,12);3*2-6H,1H2,(H,9,10,11);2*1H2,2-3H3;3*1-2H2. The molecule has 4 N–H and O–H groups in total. The summed E-state index contributed by atoms with van der Waals surface area (Å²) < 4.78 is 119. The fourth-order valence-electron chi connectivity index (χ4n) is 3.29. The van der Waals surface area contributed by atoms with Crippen molar-refractivity contribution < 1.29 is 51.9 Å². The van der Waals surface area contributed by atoms with Crippen molar-refractivity contribution in [3.8, 4) is 0 Å². The first-order valence-electron chi connectivity index (χ1n) is 17.6. The average Bonchev–Trinajstić information content (AvgIpc) is 3.22. The van der Waals surface area contributed by atoms with Gasteiger partial charge < -0.3 is 0 Å². The van der Waals surface area contributed by atoms with Crippen LogP contribution in [-0.4, -0.2) is 51.9 Å². The van der Waals surface area contributed by atoms with Crippen LogP contribution in [0.5, 0.6) is 0 Å². The molecule has 0 amide bonds. The second-order valence-corrected chi connectivity index (χ2v) is 17.5. The summed E-state index contributed by atoms with van der Waals surface area (Å²) in [5, 5.41) is 0. The fraction of sp³-hybridized carbons (Fsp3) is 0.106. The van der Waals surface area contributed by atoms with Gasteiger partial charge >= 0.3 is 0 Å². The predicted molar refractivity (Wildman–Crippen MR) is 266 cm³/mol. The van der Waals surface area contributed by atoms with E-state index in [4.69, 9.17) is 18.2 Å². The molecule has 0 saturated carbocycles. The molecule has 4 aromatic rings. The maximum absolute atomic E-state index is 10.6. The first-order chi connectivity index (χ1) is 29.1. The Bertz CT molecular complexity index is 2210. The Hall–Kier alpha value is -5.82. The van der Waals surface area contributed by atoms with Crippen molar-refractivity contribution in [2.45, 2.75) is 48.1 Å². The maximum Gasteiger partial charge on any atom is 0.294 e. The molecule has 0 spiro atoms. The van der Waals surface area contributed by atoms with E-state index in [0.717, 1.165) is 22.3 Å². The van der Waals surface area contributed by atoms with E-state index in [1.165, 1.54) is 47.5 Å². The van der Waals surface area contributed by atoms with E-state index in [2.05, 4.69) is 78.9 Å². The van der Waals surface area contributed by atoms with Crippen LogP contribution in [0, 0.1) is 0 Å². The van der Waals surface area contributed by atoms with Gasteiger partial charge in [0.15, 0.2) is 0 Å². The van der Waals surface area contributed by atoms with Gasteiger partial charge in [-0.25, -0.2) is 0 Å². The first kappa shape index (κ1) is 66.3. The molecule has 346 valence electrons. The zero-order valence-corrected chi connectivity index (χ0v) is 39.7. The minimum atomic E-state index is -4.06. The van der Waals surface area contributed by atoms with Gasteiger partial charge in [-0.15, -0.1) is 52.6 Å². The molecule has 12 nitrogen and oxygen atoms in total. The third-order valence-corrected chi connectivity index (χ3v) is 9.11. The zero-order chi connectivity index (χ0) is 50.6. The molecular weight excluding hydrogens is 885 g/mol. The summed E-state index contributed by atoms with van der Waals surface area (Å²) in [7, 11) is -16.1. The Morgan fingerprint density at radius 3 is 0.683 bits per heavy atom. The van der Waals surface area contributed by atoms with Crippen LogP contribution >= 0.6 is 0 Å². The average molecular weight is 947 g/mol. The van der Waals surface area contributed by atoms with Crippen LogP contribution in [0.3, 0.4) is 0 Å². The van der Waals surface area contributed by atoms with Crippen molar-refractivity contribution in [1.29, 1.82) is 0 Å². The lowest BCUT2D eigenvalue weighted by atomic mass is 10.1. The van der Waals surface area contributed by atoms with Crippen LogP contribution in [-0.2, 0) is 46.2 Å². The van der Waals surface area contributed by atoms with Crippen molar-refractivity contribution in [3.63, 3.8) is 0 Å². The predicted octanol–water partition coefficient (Wildman–Crippen LogP) is 12.0. The van der Waals surface area contributed by atoms with E-state index in [9.17, 15) is 33.7 Å². The van der Waals surface area contributed by atoms with Crippen LogP contribution < -0.4 is 0 Å². The normalized spacial score (nSPS) is 9.65. The zero-order valence-electron chi connectivity index (χ0n) is 36.4. The highest BCUT2D eigenvalue weighted by atomic mass is 32.2. The highest BCUT2D eigenvalue weighted by Gasteiger charge is 2.09. The first-order valence-corrected chi connectivity index (χ1v) is 23.5. The minimum absolute atomic E-state index is 0.104. The SMILES string of the molecule is C=C.C=C.C=C.C=C(C)C.C=C(C)C.C=Cc1ccc(CS(=O)(=O)O)cc1.C=Cc1ccc(S(=O)(=O)O)cc1.C=Cc1ccc(S(=O)(=O)O)cc1.C=Cc1ccc(S(=O)(=O)O)cc1. The van der Waals surface area contributed by atoms with Crippen molar-refractivity contribution in [2.75, 3.05) is 0 Å². The molecule has 16 heteroatoms. The van der Waals surface area contributed by atoms with E-state index in [-0.39, 0.29) is 20.4 Å². The smallest absolute Gasteiger partial charge is 0.285 e. The highest BCUT2D eigenvalue weighted by Crippen LogP contribution is 2.12. The van der Waals surface area contributed by atoms with Gasteiger partial charge in [0.2, 0.25) is 0 Å². The summed E-state index contributed by atoms with van der Waals surface area (Å²) in [6, 6.07) is 24.1. The molecule has 0 aliphatic rings. The molecule has 4 rings (SSSR count). The lowest BCUT2D eigenvalue weighted by Crippen LogP contribution is -2.01. The van der Waals surface area contributed by atoms with Gasteiger partial charge in [-0.05, 0) is 91.9 Å². The lowest BCUT2D eigenvalue weighted by Gasteiger charge is -1.98. The van der Waals surface area contributed by atoms with Crippen molar-refractivity contribution in [1.82, 2.24) is 0 Å². The largest absolute Gasteiger partial charge is 0.294 e. The monoisotopic (exact) mass is 946 g/mol. The van der Waals surface area contributed by atoms with Gasteiger partial charge in [-0.1, -0.05) is 122 Å². The number of allylic oxidation sites excluding steroid dienone is 2. The van der Waals surface area contributed by atoms with Gasteiger partial charge in [0.25, 0.3) is 40.5 Å². The number of benzene rings is 4. The molecular formula is C47H62O12S4. The van der Waals surface area contributed by atoms with Crippen LogP contribution in [0.2, 0.25) is 0 Å². The van der Waals surface area contributed by atoms with E-state index < -0.39 is 40.5 Å². The van der Waals surface area contributed by atoms with Gasteiger partial charge in [0, 0.05) is 0 Å². The molecule has 0 radical (unpaired) electrons. The Labute approximate surface area is 377 Å². The van der Waals surface area contributed by atoms with Gasteiger partial charge in [-0.3, -0.25) is 18.2 Å². The Morgan fingerprint density at radius 2 is 0.556 bits per heavy atom. The molecule has 4 aromatic carbocycles. The second kappa shape index (κ2) is 35.7. The molecule has 0 saturated heterocycles. The highest BCUT2D eigenvalue weighted by molar-refractivity contribution is 7.86. The van der Waals surface area contributed by atoms with Crippen molar-refractivity contribution in [3.05, 3.63) is 215 Å². The Kier molecular flexibility index (Phi) is 37.6. The second-order valence-electron chi connectivity index (χ2n) is 11.8. The molecule has 0 aliphatic carbocycles. The Morgan fingerprint density at radius 1 is 0.397 bits per heavy atom. The fourth-order valence-corrected chi connectivity index (χ4v) is 5.34. The van der Waals surface area contributed by atoms with Gasteiger partial charge in [0.1, 0.15) is 5.75 Å². The molecule has 0 bridgehead atoms. The molecule has 0 aliphatic heterocycles. The summed E-state index contributed by atoms with van der Waals surface area (Å²) in [5.41, 5.74) is 6.24. The van der Waals surface area contributed by atoms with Crippen LogP contribution in [0.15, 0.2) is 202 Å². The van der Waals surface area contributed by atoms with Crippen LogP contribution in [0.1, 0.15) is 55.5 Å². The van der Waals surface area contributed by atoms with Crippen molar-refractivity contribution in [2.24, 2.45) is 0 Å². The molecule has 0 unspecified atom stereocenters. The quantitative estimate of drug-likeness (QED) is 0.0910. The van der Waals surface area contributed by atoms with Crippen LogP contribution in [0.25, 0.3) is 24.3 Å². The maximum atomic E-state index is 10.6. The van der Waals surface area contributed by atoms with Gasteiger partial charge in [0.05, 0.1) is 14.7 Å². The van der Waals surface area contributed by atoms with Crippen molar-refractivity contribution >= 4 is 64.8 Å². The molecule has 0 heterocycles. The molecule has 0 fully saturated rings. The summed E-state index contributed by atoms with van der Waals surface area (Å²) in [4.78, 5) is -0.311. The van der Waals surface area contributed by atoms with Crippen LogP contribution in [0.4, 0.5) is 0 Å². The number of hydrogen-bond acceptors (Lipinski definition) is 8. The molecule has 63 heavy (non-hydrogen) atoms. The van der Waals surface area contributed by atoms with Gasteiger partial charge in [-0.2, -0.15) is 33.7 Å². The summed E-state index contributed by atoms with van der Waals surface area (Å²) in [6.45, 7) is 47.1. The minimum Gasteiger partial charge on any atom is -0.285 e. The van der Waals surface area contributed by atoms with E-state index in [1.54, 1.807) is 85.0 Å². The Balaban J connectivity index is -0.000000216. The number of hydrogen-bond donors (Lipinski definition) is 4. The summed E-state index contributed by atoms with van der Waals surface area (Å²) in [5.74, 6) is -0.343. The molecule has 0 aromatic heterocycles. The summed E-state index contributed by atoms with van der Waals surface area (Å²) in [6.07, 6.45) is 6.44. The lowest BCUT2D eigenvalue weighted by molar-refractivity contribution is 0.480. The third kappa shape index (κ3) is 38.8. The topological polar surface area (TPSA) is 217 Å². The van der Waals surface area contributed by atoms with E-state index in [1.807, 2.05) is 27.7 Å². The molecule has 0 atom stereocenters. The number of rotatable bonds is 9. The third-order valence-electron chi connectivity index (χ3n) is 5.81.